The standard InChI is InChI=1S/C15H20N2O5/c1-2-21-15(19)13-7-12(16-22-13)10-3-5-17(6-4-10)14(18)11-8-20-9-11/h7,10-11H,2-6,8-9H2,1H3. The fraction of sp³-hybridized carbons (Fsp3) is 0.667. The van der Waals surface area contributed by atoms with Crippen molar-refractivity contribution in [3.05, 3.63) is 17.5 Å². The molecule has 0 N–H and O–H groups in total. The van der Waals surface area contributed by atoms with E-state index in [9.17, 15) is 9.59 Å². The van der Waals surface area contributed by atoms with Gasteiger partial charge >= 0.3 is 5.97 Å². The van der Waals surface area contributed by atoms with Crippen LogP contribution in [-0.2, 0) is 14.3 Å². The molecular weight excluding hydrogens is 288 g/mol. The lowest BCUT2D eigenvalue weighted by atomic mass is 9.92. The third kappa shape index (κ3) is 2.99. The van der Waals surface area contributed by atoms with Crippen molar-refractivity contribution in [3.8, 4) is 0 Å². The van der Waals surface area contributed by atoms with Crippen LogP contribution >= 0.6 is 0 Å². The largest absolute Gasteiger partial charge is 0.460 e. The maximum Gasteiger partial charge on any atom is 0.377 e. The van der Waals surface area contributed by atoms with Crippen LogP contribution in [0.3, 0.4) is 0 Å². The Morgan fingerprint density at radius 3 is 2.68 bits per heavy atom. The van der Waals surface area contributed by atoms with Crippen LogP contribution in [0.2, 0.25) is 0 Å². The van der Waals surface area contributed by atoms with Crippen molar-refractivity contribution in [1.29, 1.82) is 0 Å². The zero-order valence-electron chi connectivity index (χ0n) is 12.6. The third-order valence-corrected chi connectivity index (χ3v) is 4.22. The monoisotopic (exact) mass is 308 g/mol. The lowest BCUT2D eigenvalue weighted by Crippen LogP contribution is -2.47. The van der Waals surface area contributed by atoms with Gasteiger partial charge in [0.2, 0.25) is 11.7 Å². The van der Waals surface area contributed by atoms with E-state index in [4.69, 9.17) is 14.0 Å². The summed E-state index contributed by atoms with van der Waals surface area (Å²) in [6, 6.07) is 1.65. The Hall–Kier alpha value is -1.89. The minimum Gasteiger partial charge on any atom is -0.460 e. The van der Waals surface area contributed by atoms with Crippen LogP contribution in [0.5, 0.6) is 0 Å². The molecule has 1 aromatic heterocycles. The molecule has 0 atom stereocenters. The molecule has 0 unspecified atom stereocenters. The topological polar surface area (TPSA) is 81.9 Å². The highest BCUT2D eigenvalue weighted by molar-refractivity contribution is 5.86. The minimum atomic E-state index is -0.487. The smallest absolute Gasteiger partial charge is 0.377 e. The van der Waals surface area contributed by atoms with E-state index in [1.807, 2.05) is 4.90 Å². The molecule has 0 spiro atoms. The summed E-state index contributed by atoms with van der Waals surface area (Å²) in [6.07, 6.45) is 1.65. The molecule has 0 aliphatic carbocycles. The molecular formula is C15H20N2O5. The first-order valence-electron chi connectivity index (χ1n) is 7.69. The van der Waals surface area contributed by atoms with Gasteiger partial charge in [-0.1, -0.05) is 5.16 Å². The van der Waals surface area contributed by atoms with Crippen LogP contribution in [0, 0.1) is 5.92 Å². The SMILES string of the molecule is CCOC(=O)c1cc(C2CCN(C(=O)C3COC3)CC2)no1. The number of carbonyl (C=O) groups is 2. The summed E-state index contributed by atoms with van der Waals surface area (Å²) < 4.78 is 15.0. The number of hydrogen-bond donors (Lipinski definition) is 0. The van der Waals surface area contributed by atoms with Gasteiger partial charge < -0.3 is 18.9 Å². The molecule has 0 aromatic carbocycles. The Kier molecular flexibility index (Phi) is 4.42. The third-order valence-electron chi connectivity index (χ3n) is 4.22. The highest BCUT2D eigenvalue weighted by Crippen LogP contribution is 2.29. The molecule has 3 rings (SSSR count). The van der Waals surface area contributed by atoms with Gasteiger partial charge in [-0.2, -0.15) is 0 Å². The summed E-state index contributed by atoms with van der Waals surface area (Å²) in [5.41, 5.74) is 0.766. The molecule has 0 bridgehead atoms. The molecule has 22 heavy (non-hydrogen) atoms. The van der Waals surface area contributed by atoms with E-state index < -0.39 is 5.97 Å². The van der Waals surface area contributed by atoms with Crippen LogP contribution < -0.4 is 0 Å². The second-order valence-electron chi connectivity index (χ2n) is 5.67. The van der Waals surface area contributed by atoms with Crippen molar-refractivity contribution in [3.63, 3.8) is 0 Å². The number of aromatic nitrogens is 1. The van der Waals surface area contributed by atoms with Gasteiger partial charge in [-0.15, -0.1) is 0 Å². The predicted octanol–water partition coefficient (Wildman–Crippen LogP) is 1.20. The van der Waals surface area contributed by atoms with Crippen molar-refractivity contribution in [2.75, 3.05) is 32.9 Å². The molecule has 0 radical (unpaired) electrons. The van der Waals surface area contributed by atoms with Crippen LogP contribution in [-0.4, -0.2) is 54.8 Å². The lowest BCUT2D eigenvalue weighted by Gasteiger charge is -2.36. The van der Waals surface area contributed by atoms with Gasteiger partial charge in [-0.3, -0.25) is 4.79 Å². The zero-order valence-corrected chi connectivity index (χ0v) is 12.6. The molecule has 3 heterocycles. The predicted molar refractivity (Wildman–Crippen MR) is 75.3 cm³/mol. The van der Waals surface area contributed by atoms with Gasteiger partial charge in [0, 0.05) is 25.1 Å². The Labute approximate surface area is 128 Å². The molecule has 1 aromatic rings. The zero-order chi connectivity index (χ0) is 15.5. The van der Waals surface area contributed by atoms with E-state index in [-0.39, 0.29) is 23.5 Å². The van der Waals surface area contributed by atoms with Crippen LogP contribution in [0.15, 0.2) is 10.6 Å². The normalized spacial score (nSPS) is 19.8. The van der Waals surface area contributed by atoms with E-state index in [0.29, 0.717) is 32.9 Å². The number of rotatable bonds is 4. The van der Waals surface area contributed by atoms with E-state index in [0.717, 1.165) is 18.5 Å². The summed E-state index contributed by atoms with van der Waals surface area (Å²) in [4.78, 5) is 25.6. The van der Waals surface area contributed by atoms with Crippen molar-refractivity contribution < 1.29 is 23.6 Å². The average molecular weight is 308 g/mol. The lowest BCUT2D eigenvalue weighted by molar-refractivity contribution is -0.150. The number of amides is 1. The average Bonchev–Trinajstić information content (AvgIpc) is 2.96. The second-order valence-corrected chi connectivity index (χ2v) is 5.67. The number of ether oxygens (including phenoxy) is 2. The van der Waals surface area contributed by atoms with Crippen molar-refractivity contribution in [2.45, 2.75) is 25.7 Å². The summed E-state index contributed by atoms with van der Waals surface area (Å²) in [5.74, 6) is 0.102. The van der Waals surface area contributed by atoms with Gasteiger partial charge in [0.15, 0.2) is 0 Å². The highest BCUT2D eigenvalue weighted by Gasteiger charge is 2.33. The molecule has 1 amide bonds. The van der Waals surface area contributed by atoms with Crippen LogP contribution in [0.25, 0.3) is 0 Å². The van der Waals surface area contributed by atoms with E-state index in [1.165, 1.54) is 0 Å². The van der Waals surface area contributed by atoms with E-state index in [1.54, 1.807) is 13.0 Å². The second kappa shape index (κ2) is 6.48. The fourth-order valence-corrected chi connectivity index (χ4v) is 2.81. The number of likely N-dealkylation sites (tertiary alicyclic amines) is 1. The first-order chi connectivity index (χ1) is 10.7. The number of nitrogens with zero attached hydrogens (tertiary/aromatic N) is 2. The summed E-state index contributed by atoms with van der Waals surface area (Å²) in [7, 11) is 0. The molecule has 7 nitrogen and oxygen atoms in total. The van der Waals surface area contributed by atoms with Gasteiger partial charge in [-0.05, 0) is 19.8 Å². The van der Waals surface area contributed by atoms with Gasteiger partial charge in [0.1, 0.15) is 0 Å². The summed E-state index contributed by atoms with van der Waals surface area (Å²) in [5, 5.41) is 3.98. The first kappa shape index (κ1) is 15.0. The Balaban J connectivity index is 1.55. The molecule has 2 fully saturated rings. The van der Waals surface area contributed by atoms with Crippen molar-refractivity contribution in [1.82, 2.24) is 10.1 Å². The maximum absolute atomic E-state index is 12.1. The van der Waals surface area contributed by atoms with E-state index >= 15 is 0 Å². The molecule has 0 saturated carbocycles. The van der Waals surface area contributed by atoms with Gasteiger partial charge in [0.25, 0.3) is 0 Å². The van der Waals surface area contributed by atoms with Crippen molar-refractivity contribution >= 4 is 11.9 Å². The molecule has 7 heteroatoms. The number of piperidine rings is 1. The summed E-state index contributed by atoms with van der Waals surface area (Å²) in [6.45, 7) is 4.56. The number of hydrogen-bond acceptors (Lipinski definition) is 6. The van der Waals surface area contributed by atoms with Crippen molar-refractivity contribution in [2.24, 2.45) is 5.92 Å². The minimum absolute atomic E-state index is 0.0408. The fourth-order valence-electron chi connectivity index (χ4n) is 2.81. The van der Waals surface area contributed by atoms with Crippen LogP contribution in [0.1, 0.15) is 41.9 Å². The summed E-state index contributed by atoms with van der Waals surface area (Å²) >= 11 is 0. The van der Waals surface area contributed by atoms with Crippen LogP contribution in [0.4, 0.5) is 0 Å². The Bertz CT molecular complexity index is 544. The Morgan fingerprint density at radius 1 is 1.36 bits per heavy atom. The first-order valence-corrected chi connectivity index (χ1v) is 7.69. The highest BCUT2D eigenvalue weighted by atomic mass is 16.6. The molecule has 2 saturated heterocycles. The van der Waals surface area contributed by atoms with Gasteiger partial charge in [0.05, 0.1) is 31.4 Å². The molecule has 120 valence electrons. The number of carbonyl (C=O) groups excluding carboxylic acids is 2. The molecule has 2 aliphatic rings. The number of esters is 1. The van der Waals surface area contributed by atoms with E-state index in [2.05, 4.69) is 5.16 Å². The quantitative estimate of drug-likeness (QED) is 0.777. The maximum atomic E-state index is 12.1. The molecule has 2 aliphatic heterocycles. The Morgan fingerprint density at radius 2 is 2.09 bits per heavy atom. The van der Waals surface area contributed by atoms with Gasteiger partial charge in [-0.25, -0.2) is 4.79 Å².